The molecule has 0 fully saturated rings. The lowest BCUT2D eigenvalue weighted by atomic mass is 10.2. The van der Waals surface area contributed by atoms with E-state index in [-0.39, 0.29) is 5.91 Å². The third-order valence-electron chi connectivity index (χ3n) is 2.75. The molecule has 2 rings (SSSR count). The van der Waals surface area contributed by atoms with Gasteiger partial charge in [0.05, 0.1) is 6.61 Å². The summed E-state index contributed by atoms with van der Waals surface area (Å²) in [6, 6.07) is 10.5. The van der Waals surface area contributed by atoms with E-state index in [1.807, 2.05) is 25.1 Å². The molecule has 0 bridgehead atoms. The normalized spacial score (nSPS) is 10.2. The molecule has 110 valence electrons. The Kier molecular flexibility index (Phi) is 5.17. The number of nitrogens with zero attached hydrogens (tertiary/aromatic N) is 1. The Morgan fingerprint density at radius 3 is 2.86 bits per heavy atom. The van der Waals surface area contributed by atoms with Crippen molar-refractivity contribution in [3.05, 3.63) is 52.8 Å². The fourth-order valence-corrected chi connectivity index (χ4v) is 2.10. The summed E-state index contributed by atoms with van der Waals surface area (Å²) in [5.41, 5.74) is 1.86. The smallest absolute Gasteiger partial charge is 0.255 e. The van der Waals surface area contributed by atoms with Crippen molar-refractivity contribution >= 4 is 23.2 Å². The zero-order valence-electron chi connectivity index (χ0n) is 12.0. The van der Waals surface area contributed by atoms with E-state index in [0.29, 0.717) is 28.7 Å². The fourth-order valence-electron chi connectivity index (χ4n) is 1.85. The summed E-state index contributed by atoms with van der Waals surface area (Å²) < 4.78 is 5.54. The third kappa shape index (κ3) is 4.46. The van der Waals surface area contributed by atoms with E-state index in [2.05, 4.69) is 10.3 Å². The van der Waals surface area contributed by atoms with Gasteiger partial charge in [-0.15, -0.1) is 0 Å². The number of nitrogens with one attached hydrogen (secondary N) is 1. The summed E-state index contributed by atoms with van der Waals surface area (Å²) in [6.45, 7) is 4.49. The number of anilines is 1. The van der Waals surface area contributed by atoms with Crippen LogP contribution in [0.3, 0.4) is 0 Å². The maximum atomic E-state index is 12.2. The Hall–Kier alpha value is -2.07. The molecule has 4 nitrogen and oxygen atoms in total. The van der Waals surface area contributed by atoms with Crippen LogP contribution < -0.4 is 10.1 Å². The number of rotatable bonds is 5. The highest BCUT2D eigenvalue weighted by Gasteiger charge is 2.09. The quantitative estimate of drug-likeness (QED) is 0.847. The number of hydrogen-bond donors (Lipinski definition) is 1. The largest absolute Gasteiger partial charge is 0.494 e. The number of halogens is 1. The zero-order valence-corrected chi connectivity index (χ0v) is 12.8. The van der Waals surface area contributed by atoms with Gasteiger partial charge in [0.1, 0.15) is 10.9 Å². The Labute approximate surface area is 129 Å². The standard InChI is InChI=1S/C16H17ClN2O2/c1-3-7-21-14-6-4-5-13(10-14)19-16(20)12-8-11(2)18-15(17)9-12/h4-6,8-10H,3,7H2,1-2H3,(H,19,20). The molecule has 0 unspecified atom stereocenters. The van der Waals surface area contributed by atoms with Crippen LogP contribution in [0.15, 0.2) is 36.4 Å². The molecule has 0 aliphatic carbocycles. The highest BCUT2D eigenvalue weighted by atomic mass is 35.5. The van der Waals surface area contributed by atoms with Crippen LogP contribution in [0.1, 0.15) is 29.4 Å². The molecule has 0 aliphatic heterocycles. The SMILES string of the molecule is CCCOc1cccc(NC(=O)c2cc(C)nc(Cl)c2)c1. The van der Waals surface area contributed by atoms with Crippen molar-refractivity contribution in [2.45, 2.75) is 20.3 Å². The summed E-state index contributed by atoms with van der Waals surface area (Å²) in [5, 5.41) is 3.13. The molecule has 1 N–H and O–H groups in total. The molecule has 0 spiro atoms. The Morgan fingerprint density at radius 1 is 1.33 bits per heavy atom. The van der Waals surface area contributed by atoms with Crippen molar-refractivity contribution < 1.29 is 9.53 Å². The van der Waals surface area contributed by atoms with Crippen LogP contribution in [0.2, 0.25) is 5.15 Å². The van der Waals surface area contributed by atoms with E-state index in [1.165, 1.54) is 0 Å². The minimum atomic E-state index is -0.227. The average Bonchev–Trinajstić information content (AvgIpc) is 2.44. The highest BCUT2D eigenvalue weighted by Crippen LogP contribution is 2.19. The number of ether oxygens (including phenoxy) is 1. The van der Waals surface area contributed by atoms with E-state index < -0.39 is 0 Å². The molecule has 1 aromatic carbocycles. The van der Waals surface area contributed by atoms with E-state index in [9.17, 15) is 4.79 Å². The molecular weight excluding hydrogens is 288 g/mol. The predicted molar refractivity (Wildman–Crippen MR) is 84.2 cm³/mol. The van der Waals surface area contributed by atoms with Gasteiger partial charge in [-0.3, -0.25) is 4.79 Å². The van der Waals surface area contributed by atoms with Crippen LogP contribution in [0.25, 0.3) is 0 Å². The molecule has 1 aromatic heterocycles. The van der Waals surface area contributed by atoms with Crippen molar-refractivity contribution in [3.8, 4) is 5.75 Å². The zero-order chi connectivity index (χ0) is 15.2. The summed E-state index contributed by atoms with van der Waals surface area (Å²) in [4.78, 5) is 16.2. The van der Waals surface area contributed by atoms with Crippen molar-refractivity contribution in [1.29, 1.82) is 0 Å². The Bertz CT molecular complexity index is 624. The first-order chi connectivity index (χ1) is 10.1. The number of amides is 1. The molecule has 2 aromatic rings. The summed E-state index contributed by atoms with van der Waals surface area (Å²) in [5.74, 6) is 0.508. The van der Waals surface area contributed by atoms with Crippen LogP contribution in [0.4, 0.5) is 5.69 Å². The second-order valence-corrected chi connectivity index (χ2v) is 5.04. The van der Waals surface area contributed by atoms with Crippen molar-refractivity contribution in [3.63, 3.8) is 0 Å². The molecule has 1 heterocycles. The number of pyridine rings is 1. The topological polar surface area (TPSA) is 51.2 Å². The van der Waals surface area contributed by atoms with Gasteiger partial charge in [0.2, 0.25) is 0 Å². The highest BCUT2D eigenvalue weighted by molar-refractivity contribution is 6.29. The van der Waals surface area contributed by atoms with Gasteiger partial charge in [0, 0.05) is 23.0 Å². The van der Waals surface area contributed by atoms with Gasteiger partial charge in [-0.2, -0.15) is 0 Å². The number of carbonyl (C=O) groups is 1. The van der Waals surface area contributed by atoms with Crippen LogP contribution in [-0.2, 0) is 0 Å². The predicted octanol–water partition coefficient (Wildman–Crippen LogP) is 4.08. The molecule has 0 saturated carbocycles. The van der Waals surface area contributed by atoms with Gasteiger partial charge >= 0.3 is 0 Å². The molecule has 0 aliphatic rings. The fraction of sp³-hybridized carbons (Fsp3) is 0.250. The summed E-state index contributed by atoms with van der Waals surface area (Å²) in [6.07, 6.45) is 0.936. The Morgan fingerprint density at radius 2 is 2.14 bits per heavy atom. The van der Waals surface area contributed by atoms with Gasteiger partial charge in [-0.05, 0) is 37.6 Å². The molecule has 0 radical (unpaired) electrons. The molecule has 1 amide bonds. The number of benzene rings is 1. The summed E-state index contributed by atoms with van der Waals surface area (Å²) >= 11 is 5.87. The molecule has 0 saturated heterocycles. The first-order valence-corrected chi connectivity index (χ1v) is 7.14. The van der Waals surface area contributed by atoms with E-state index in [4.69, 9.17) is 16.3 Å². The first kappa shape index (κ1) is 15.3. The van der Waals surface area contributed by atoms with Crippen molar-refractivity contribution in [1.82, 2.24) is 4.98 Å². The van der Waals surface area contributed by atoms with Gasteiger partial charge < -0.3 is 10.1 Å². The first-order valence-electron chi connectivity index (χ1n) is 6.77. The number of aromatic nitrogens is 1. The van der Waals surface area contributed by atoms with Crippen molar-refractivity contribution in [2.75, 3.05) is 11.9 Å². The lowest BCUT2D eigenvalue weighted by Crippen LogP contribution is -2.12. The van der Waals surface area contributed by atoms with Gasteiger partial charge in [0.25, 0.3) is 5.91 Å². The maximum Gasteiger partial charge on any atom is 0.255 e. The molecular formula is C16H17ClN2O2. The number of carbonyl (C=O) groups excluding carboxylic acids is 1. The molecule has 0 atom stereocenters. The Balaban J connectivity index is 2.11. The van der Waals surface area contributed by atoms with Gasteiger partial charge in [-0.1, -0.05) is 24.6 Å². The van der Waals surface area contributed by atoms with Gasteiger partial charge in [0.15, 0.2) is 0 Å². The summed E-state index contributed by atoms with van der Waals surface area (Å²) in [7, 11) is 0. The minimum Gasteiger partial charge on any atom is -0.494 e. The number of aryl methyl sites for hydroxylation is 1. The lowest BCUT2D eigenvalue weighted by molar-refractivity contribution is 0.102. The number of hydrogen-bond acceptors (Lipinski definition) is 3. The second-order valence-electron chi connectivity index (χ2n) is 4.65. The second kappa shape index (κ2) is 7.09. The molecule has 21 heavy (non-hydrogen) atoms. The van der Waals surface area contributed by atoms with E-state index in [0.717, 1.165) is 12.2 Å². The van der Waals surface area contributed by atoms with E-state index >= 15 is 0 Å². The van der Waals surface area contributed by atoms with Crippen LogP contribution in [0, 0.1) is 6.92 Å². The van der Waals surface area contributed by atoms with Crippen molar-refractivity contribution in [2.24, 2.45) is 0 Å². The molecule has 5 heteroatoms. The van der Waals surface area contributed by atoms with Crippen LogP contribution in [0.5, 0.6) is 5.75 Å². The van der Waals surface area contributed by atoms with E-state index in [1.54, 1.807) is 25.1 Å². The van der Waals surface area contributed by atoms with Crippen LogP contribution >= 0.6 is 11.6 Å². The average molecular weight is 305 g/mol. The minimum absolute atomic E-state index is 0.227. The third-order valence-corrected chi connectivity index (χ3v) is 2.94. The van der Waals surface area contributed by atoms with Gasteiger partial charge in [-0.25, -0.2) is 4.98 Å². The monoisotopic (exact) mass is 304 g/mol. The maximum absolute atomic E-state index is 12.2. The van der Waals surface area contributed by atoms with Crippen LogP contribution in [-0.4, -0.2) is 17.5 Å². The lowest BCUT2D eigenvalue weighted by Gasteiger charge is -2.09.